The van der Waals surface area contributed by atoms with Gasteiger partial charge >= 0.3 is 0 Å². The predicted octanol–water partition coefficient (Wildman–Crippen LogP) is 1.12. The Morgan fingerprint density at radius 1 is 1.65 bits per heavy atom. The van der Waals surface area contributed by atoms with Crippen molar-refractivity contribution in [2.45, 2.75) is 6.92 Å². The maximum Gasteiger partial charge on any atom is 0.288 e. The minimum absolute atomic E-state index is 0.197. The standard InChI is InChI=1S/C10H14N4O3/c1-4-13(3)10(15)8-5-7(14(16)17)6-12-9(8)11-2/h5-6H,4H2,1-3H3,(H,11,12). The zero-order chi connectivity index (χ0) is 13.0. The maximum absolute atomic E-state index is 12.0. The third-order valence-corrected chi connectivity index (χ3v) is 2.37. The average molecular weight is 238 g/mol. The van der Waals surface area contributed by atoms with E-state index in [0.717, 1.165) is 6.20 Å². The summed E-state index contributed by atoms with van der Waals surface area (Å²) in [6.45, 7) is 2.34. The van der Waals surface area contributed by atoms with Crippen LogP contribution in [0.25, 0.3) is 0 Å². The SMILES string of the molecule is CCN(C)C(=O)c1cc([N+](=O)[O-])cnc1NC. The number of aromatic nitrogens is 1. The van der Waals surface area contributed by atoms with E-state index in [1.54, 1.807) is 14.1 Å². The first kappa shape index (κ1) is 12.9. The first-order chi connectivity index (χ1) is 8.01. The fourth-order valence-corrected chi connectivity index (χ4v) is 1.27. The molecule has 1 N–H and O–H groups in total. The summed E-state index contributed by atoms with van der Waals surface area (Å²) in [6, 6.07) is 1.23. The zero-order valence-electron chi connectivity index (χ0n) is 9.93. The molecule has 1 rings (SSSR count). The molecule has 92 valence electrons. The summed E-state index contributed by atoms with van der Waals surface area (Å²) < 4.78 is 0. The zero-order valence-corrected chi connectivity index (χ0v) is 9.93. The molecule has 17 heavy (non-hydrogen) atoms. The summed E-state index contributed by atoms with van der Waals surface area (Å²) in [5.41, 5.74) is 0.00269. The maximum atomic E-state index is 12.0. The van der Waals surface area contributed by atoms with Crippen molar-refractivity contribution >= 4 is 17.4 Å². The van der Waals surface area contributed by atoms with E-state index in [-0.39, 0.29) is 17.2 Å². The summed E-state index contributed by atoms with van der Waals surface area (Å²) in [6.07, 6.45) is 1.12. The van der Waals surface area contributed by atoms with Crippen molar-refractivity contribution in [3.05, 3.63) is 27.9 Å². The van der Waals surface area contributed by atoms with Gasteiger partial charge in [0.25, 0.3) is 11.6 Å². The molecule has 0 spiro atoms. The van der Waals surface area contributed by atoms with Crippen LogP contribution in [-0.2, 0) is 0 Å². The fraction of sp³-hybridized carbons (Fsp3) is 0.400. The fourth-order valence-electron chi connectivity index (χ4n) is 1.27. The third kappa shape index (κ3) is 2.68. The molecule has 7 nitrogen and oxygen atoms in total. The first-order valence-corrected chi connectivity index (χ1v) is 5.08. The van der Waals surface area contributed by atoms with Crippen molar-refractivity contribution in [3.63, 3.8) is 0 Å². The molecule has 1 aromatic rings. The molecule has 1 amide bonds. The van der Waals surface area contributed by atoms with E-state index in [4.69, 9.17) is 0 Å². The van der Waals surface area contributed by atoms with Crippen LogP contribution in [0.5, 0.6) is 0 Å². The molecule has 0 aliphatic rings. The Bertz CT molecular complexity index is 447. The molecule has 0 aromatic carbocycles. The number of anilines is 1. The molecular formula is C10H14N4O3. The van der Waals surface area contributed by atoms with Crippen LogP contribution < -0.4 is 5.32 Å². The second-order valence-electron chi connectivity index (χ2n) is 3.42. The lowest BCUT2D eigenvalue weighted by atomic mass is 10.2. The molecule has 0 atom stereocenters. The molecule has 0 saturated heterocycles. The Morgan fingerprint density at radius 2 is 2.29 bits per heavy atom. The molecule has 0 aliphatic heterocycles. The van der Waals surface area contributed by atoms with Crippen molar-refractivity contribution < 1.29 is 9.72 Å². The second-order valence-corrected chi connectivity index (χ2v) is 3.42. The number of hydrogen-bond donors (Lipinski definition) is 1. The van der Waals surface area contributed by atoms with E-state index in [1.165, 1.54) is 11.0 Å². The quantitative estimate of drug-likeness (QED) is 0.627. The first-order valence-electron chi connectivity index (χ1n) is 5.08. The highest BCUT2D eigenvalue weighted by Crippen LogP contribution is 2.19. The number of rotatable bonds is 4. The molecule has 0 bridgehead atoms. The van der Waals surface area contributed by atoms with Crippen molar-refractivity contribution in [1.82, 2.24) is 9.88 Å². The number of nitrogens with one attached hydrogen (secondary N) is 1. The van der Waals surface area contributed by atoms with E-state index in [1.807, 2.05) is 6.92 Å². The van der Waals surface area contributed by atoms with Crippen LogP contribution in [0.15, 0.2) is 12.3 Å². The third-order valence-electron chi connectivity index (χ3n) is 2.37. The Kier molecular flexibility index (Phi) is 3.97. The van der Waals surface area contributed by atoms with Crippen molar-refractivity contribution in [2.24, 2.45) is 0 Å². The molecular weight excluding hydrogens is 224 g/mol. The predicted molar refractivity (Wildman–Crippen MR) is 63.1 cm³/mol. The molecule has 0 fully saturated rings. The number of pyridine rings is 1. The molecule has 0 unspecified atom stereocenters. The van der Waals surface area contributed by atoms with Gasteiger partial charge in [0.2, 0.25) is 0 Å². The van der Waals surface area contributed by atoms with Gasteiger partial charge in [-0.3, -0.25) is 14.9 Å². The van der Waals surface area contributed by atoms with Gasteiger partial charge in [-0.2, -0.15) is 0 Å². The van der Waals surface area contributed by atoms with Gasteiger partial charge in [-0.05, 0) is 6.92 Å². The number of nitro groups is 1. The minimum Gasteiger partial charge on any atom is -0.372 e. The van der Waals surface area contributed by atoms with E-state index in [9.17, 15) is 14.9 Å². The van der Waals surface area contributed by atoms with Crippen LogP contribution in [0.2, 0.25) is 0 Å². The molecule has 0 saturated carbocycles. The molecule has 0 radical (unpaired) electrons. The minimum atomic E-state index is -0.574. The Labute approximate surface area is 98.6 Å². The van der Waals surface area contributed by atoms with Crippen LogP contribution in [0.4, 0.5) is 11.5 Å². The molecule has 0 aliphatic carbocycles. The lowest BCUT2D eigenvalue weighted by Gasteiger charge is -2.15. The normalized spacial score (nSPS) is 9.82. The lowest BCUT2D eigenvalue weighted by Crippen LogP contribution is -2.27. The Hall–Kier alpha value is -2.18. The molecule has 1 heterocycles. The molecule has 7 heteroatoms. The van der Waals surface area contributed by atoms with Crippen LogP contribution in [0.1, 0.15) is 17.3 Å². The van der Waals surface area contributed by atoms with E-state index in [2.05, 4.69) is 10.3 Å². The highest BCUT2D eigenvalue weighted by Gasteiger charge is 2.19. The van der Waals surface area contributed by atoms with Crippen LogP contribution in [-0.4, -0.2) is 41.4 Å². The Balaban J connectivity index is 3.23. The average Bonchev–Trinajstić information content (AvgIpc) is 2.35. The van der Waals surface area contributed by atoms with Gasteiger partial charge in [0, 0.05) is 26.7 Å². The monoisotopic (exact) mass is 238 g/mol. The van der Waals surface area contributed by atoms with Gasteiger partial charge in [-0.25, -0.2) is 4.98 Å². The molecule has 1 aromatic heterocycles. The van der Waals surface area contributed by atoms with E-state index < -0.39 is 4.92 Å². The van der Waals surface area contributed by atoms with Crippen molar-refractivity contribution in [3.8, 4) is 0 Å². The van der Waals surface area contributed by atoms with Crippen LogP contribution >= 0.6 is 0 Å². The van der Waals surface area contributed by atoms with Crippen LogP contribution in [0, 0.1) is 10.1 Å². The number of hydrogen-bond acceptors (Lipinski definition) is 5. The summed E-state index contributed by atoms with van der Waals surface area (Å²) >= 11 is 0. The van der Waals surface area contributed by atoms with Gasteiger partial charge < -0.3 is 10.2 Å². The van der Waals surface area contributed by atoms with Gasteiger partial charge in [-0.1, -0.05) is 0 Å². The largest absolute Gasteiger partial charge is 0.372 e. The number of amides is 1. The summed E-state index contributed by atoms with van der Waals surface area (Å²) in [4.78, 5) is 27.3. The number of carbonyl (C=O) groups is 1. The highest BCUT2D eigenvalue weighted by atomic mass is 16.6. The van der Waals surface area contributed by atoms with Gasteiger partial charge in [0.05, 0.1) is 10.5 Å². The van der Waals surface area contributed by atoms with E-state index >= 15 is 0 Å². The highest BCUT2D eigenvalue weighted by molar-refractivity contribution is 5.99. The summed E-state index contributed by atoms with van der Waals surface area (Å²) in [7, 11) is 3.23. The van der Waals surface area contributed by atoms with Crippen LogP contribution in [0.3, 0.4) is 0 Å². The Morgan fingerprint density at radius 3 is 2.76 bits per heavy atom. The van der Waals surface area contributed by atoms with Crippen molar-refractivity contribution in [2.75, 3.05) is 26.0 Å². The lowest BCUT2D eigenvalue weighted by molar-refractivity contribution is -0.385. The topological polar surface area (TPSA) is 88.4 Å². The summed E-state index contributed by atoms with van der Waals surface area (Å²) in [5, 5.41) is 13.4. The van der Waals surface area contributed by atoms with Crippen molar-refractivity contribution in [1.29, 1.82) is 0 Å². The van der Waals surface area contributed by atoms with Gasteiger partial charge in [0.1, 0.15) is 12.0 Å². The number of nitrogens with zero attached hydrogens (tertiary/aromatic N) is 3. The van der Waals surface area contributed by atoms with Gasteiger partial charge in [0.15, 0.2) is 0 Å². The second kappa shape index (κ2) is 5.24. The van der Waals surface area contributed by atoms with Gasteiger partial charge in [-0.15, -0.1) is 0 Å². The van der Waals surface area contributed by atoms with E-state index in [0.29, 0.717) is 12.4 Å². The summed E-state index contributed by atoms with van der Waals surface area (Å²) in [5.74, 6) is 0.0361. The smallest absolute Gasteiger partial charge is 0.288 e. The number of carbonyl (C=O) groups excluding carboxylic acids is 1.